The summed E-state index contributed by atoms with van der Waals surface area (Å²) in [5.74, 6) is 1.10. The van der Waals surface area contributed by atoms with E-state index in [1.807, 2.05) is 48.5 Å². The Hall–Kier alpha value is -3.17. The van der Waals surface area contributed by atoms with E-state index in [0.717, 1.165) is 32.5 Å². The lowest BCUT2D eigenvalue weighted by Crippen LogP contribution is -2.17. The molecule has 154 valence electrons. The van der Waals surface area contributed by atoms with E-state index in [1.54, 1.807) is 12.3 Å². The molecule has 5 rings (SSSR count). The fraction of sp³-hybridized carbons (Fsp3) is 0.0909. The smallest absolute Gasteiger partial charge is 0.247 e. The first kappa shape index (κ1) is 19.8. The number of ether oxygens (including phenoxy) is 1. The Kier molecular flexibility index (Phi) is 5.44. The summed E-state index contributed by atoms with van der Waals surface area (Å²) in [4.78, 5) is 4.64. The van der Waals surface area contributed by atoms with Crippen LogP contribution in [0.1, 0.15) is 11.8 Å². The maximum Gasteiger partial charge on any atom is 0.247 e. The van der Waals surface area contributed by atoms with Crippen LogP contribution in [0.15, 0.2) is 77.0 Å². The molecule has 7 nitrogen and oxygen atoms in total. The molecule has 0 fully saturated rings. The van der Waals surface area contributed by atoms with Crippen molar-refractivity contribution < 1.29 is 4.74 Å². The summed E-state index contributed by atoms with van der Waals surface area (Å²) in [5.41, 5.74) is 5.07. The van der Waals surface area contributed by atoms with Crippen LogP contribution in [0, 0.1) is 0 Å². The Morgan fingerprint density at radius 3 is 2.87 bits per heavy atom. The third-order valence-corrected chi connectivity index (χ3v) is 6.06. The van der Waals surface area contributed by atoms with Gasteiger partial charge in [-0.1, -0.05) is 64.1 Å². The fourth-order valence-corrected chi connectivity index (χ4v) is 4.21. The summed E-state index contributed by atoms with van der Waals surface area (Å²) in [6.07, 6.45) is 3.05. The first-order valence-electron chi connectivity index (χ1n) is 9.53. The average Bonchev–Trinajstić information content (AvgIpc) is 3.23. The van der Waals surface area contributed by atoms with E-state index in [1.165, 1.54) is 11.8 Å². The number of thioether (sulfide) groups is 1. The van der Waals surface area contributed by atoms with Crippen LogP contribution in [0.4, 0.5) is 5.69 Å². The van der Waals surface area contributed by atoms with Gasteiger partial charge in [-0.2, -0.15) is 10.1 Å². The van der Waals surface area contributed by atoms with Gasteiger partial charge in [0.15, 0.2) is 5.69 Å². The molecule has 1 atom stereocenters. The van der Waals surface area contributed by atoms with Crippen LogP contribution >= 0.6 is 27.7 Å². The molecule has 0 aliphatic carbocycles. The van der Waals surface area contributed by atoms with Gasteiger partial charge >= 0.3 is 0 Å². The SMILES string of the molecule is C=CCSc1nnc2c(n1)O[C@H](c1cn[nH]c1-c1ccccc1)Nc1ccc(Br)cc1-2. The fourth-order valence-electron chi connectivity index (χ4n) is 3.34. The van der Waals surface area contributed by atoms with Gasteiger partial charge in [0.1, 0.15) is 0 Å². The lowest BCUT2D eigenvalue weighted by Gasteiger charge is -2.19. The second-order valence-electron chi connectivity index (χ2n) is 6.75. The topological polar surface area (TPSA) is 88.6 Å². The highest BCUT2D eigenvalue weighted by Gasteiger charge is 2.29. The summed E-state index contributed by atoms with van der Waals surface area (Å²) in [6.45, 7) is 3.75. The van der Waals surface area contributed by atoms with Gasteiger partial charge in [-0.05, 0) is 18.2 Å². The Balaban J connectivity index is 1.62. The van der Waals surface area contributed by atoms with E-state index in [4.69, 9.17) is 4.74 Å². The van der Waals surface area contributed by atoms with Gasteiger partial charge < -0.3 is 10.1 Å². The Morgan fingerprint density at radius 2 is 2.03 bits per heavy atom. The van der Waals surface area contributed by atoms with Crippen LogP contribution < -0.4 is 10.1 Å². The highest BCUT2D eigenvalue weighted by atomic mass is 79.9. The molecule has 0 unspecified atom stereocenters. The Labute approximate surface area is 191 Å². The van der Waals surface area contributed by atoms with E-state index in [2.05, 4.69) is 53.2 Å². The summed E-state index contributed by atoms with van der Waals surface area (Å²) < 4.78 is 7.30. The number of nitrogens with one attached hydrogen (secondary N) is 2. The Morgan fingerprint density at radius 1 is 1.16 bits per heavy atom. The highest BCUT2D eigenvalue weighted by Crippen LogP contribution is 2.42. The minimum atomic E-state index is -0.524. The number of aromatic nitrogens is 5. The monoisotopic (exact) mass is 492 g/mol. The number of halogens is 1. The van der Waals surface area contributed by atoms with Crippen molar-refractivity contribution >= 4 is 33.4 Å². The lowest BCUT2D eigenvalue weighted by atomic mass is 10.1. The van der Waals surface area contributed by atoms with Crippen molar-refractivity contribution in [3.63, 3.8) is 0 Å². The number of hydrogen-bond acceptors (Lipinski definition) is 7. The molecule has 9 heteroatoms. The van der Waals surface area contributed by atoms with Crippen LogP contribution in [0.2, 0.25) is 0 Å². The largest absolute Gasteiger partial charge is 0.448 e. The number of anilines is 1. The third-order valence-electron chi connectivity index (χ3n) is 4.73. The molecule has 0 saturated heterocycles. The normalized spacial score (nSPS) is 14.5. The average molecular weight is 493 g/mol. The van der Waals surface area contributed by atoms with Crippen LogP contribution in [-0.4, -0.2) is 31.1 Å². The molecule has 4 aromatic rings. The maximum absolute atomic E-state index is 6.37. The van der Waals surface area contributed by atoms with Gasteiger partial charge in [0.25, 0.3) is 0 Å². The molecule has 1 aliphatic rings. The number of nitrogens with zero attached hydrogens (tertiary/aromatic N) is 4. The Bertz CT molecular complexity index is 1250. The molecule has 2 aromatic heterocycles. The molecule has 0 spiro atoms. The van der Waals surface area contributed by atoms with Crippen molar-refractivity contribution in [2.24, 2.45) is 0 Å². The van der Waals surface area contributed by atoms with E-state index < -0.39 is 6.23 Å². The molecule has 31 heavy (non-hydrogen) atoms. The van der Waals surface area contributed by atoms with Crippen molar-refractivity contribution in [3.8, 4) is 28.4 Å². The van der Waals surface area contributed by atoms with Crippen molar-refractivity contribution in [1.29, 1.82) is 0 Å². The van der Waals surface area contributed by atoms with Crippen molar-refractivity contribution in [1.82, 2.24) is 25.4 Å². The standard InChI is InChI=1S/C22H17BrN6OS/c1-2-10-31-22-26-21-19(28-29-22)15-11-14(23)8-9-17(15)25-20(30-21)16-12-24-27-18(16)13-6-4-3-5-7-13/h2-9,11-12,20,25H,1,10H2,(H,24,27)/t20-/m1/s1. The number of hydrogen-bond donors (Lipinski definition) is 2. The zero-order chi connectivity index (χ0) is 21.2. The predicted molar refractivity (Wildman–Crippen MR) is 125 cm³/mol. The predicted octanol–water partition coefficient (Wildman–Crippen LogP) is 5.47. The molecule has 0 saturated carbocycles. The number of benzene rings is 2. The number of H-pyrrole nitrogens is 1. The summed E-state index contributed by atoms with van der Waals surface area (Å²) >= 11 is 5.00. The third kappa shape index (κ3) is 3.94. The van der Waals surface area contributed by atoms with Gasteiger partial charge in [0.2, 0.25) is 17.3 Å². The molecule has 0 bridgehead atoms. The van der Waals surface area contributed by atoms with Crippen molar-refractivity contribution in [2.75, 3.05) is 11.1 Å². The molecule has 2 N–H and O–H groups in total. The zero-order valence-electron chi connectivity index (χ0n) is 16.2. The lowest BCUT2D eigenvalue weighted by molar-refractivity contribution is 0.226. The minimum absolute atomic E-state index is 0.413. The first-order valence-corrected chi connectivity index (χ1v) is 11.3. The maximum atomic E-state index is 6.37. The molecular formula is C22H17BrN6OS. The number of rotatable bonds is 5. The highest BCUT2D eigenvalue weighted by molar-refractivity contribution is 9.10. The molecule has 1 aliphatic heterocycles. The zero-order valence-corrected chi connectivity index (χ0v) is 18.7. The van der Waals surface area contributed by atoms with E-state index in [9.17, 15) is 0 Å². The second-order valence-corrected chi connectivity index (χ2v) is 8.65. The minimum Gasteiger partial charge on any atom is -0.448 e. The van der Waals surface area contributed by atoms with Crippen LogP contribution in [0.3, 0.4) is 0 Å². The van der Waals surface area contributed by atoms with Gasteiger partial charge in [-0.15, -0.1) is 16.8 Å². The van der Waals surface area contributed by atoms with E-state index in [-0.39, 0.29) is 0 Å². The van der Waals surface area contributed by atoms with Gasteiger partial charge in [0.05, 0.1) is 17.5 Å². The molecule has 3 heterocycles. The summed E-state index contributed by atoms with van der Waals surface area (Å²) in [5, 5.41) is 20.1. The van der Waals surface area contributed by atoms with Crippen molar-refractivity contribution in [3.05, 3.63) is 77.4 Å². The van der Waals surface area contributed by atoms with Gasteiger partial charge in [-0.3, -0.25) is 5.10 Å². The van der Waals surface area contributed by atoms with Gasteiger partial charge in [-0.25, -0.2) is 0 Å². The molecular weight excluding hydrogens is 476 g/mol. The number of fused-ring (bicyclic) bond motifs is 3. The van der Waals surface area contributed by atoms with Gasteiger partial charge in [0, 0.05) is 27.0 Å². The summed E-state index contributed by atoms with van der Waals surface area (Å²) in [6, 6.07) is 15.9. The van der Waals surface area contributed by atoms with Crippen LogP contribution in [0.25, 0.3) is 22.5 Å². The molecule has 0 amide bonds. The van der Waals surface area contributed by atoms with E-state index in [0.29, 0.717) is 22.5 Å². The van der Waals surface area contributed by atoms with Crippen LogP contribution in [0.5, 0.6) is 5.88 Å². The molecule has 0 radical (unpaired) electrons. The second kappa shape index (κ2) is 8.52. The van der Waals surface area contributed by atoms with Crippen molar-refractivity contribution in [2.45, 2.75) is 11.4 Å². The first-order chi connectivity index (χ1) is 15.2. The summed E-state index contributed by atoms with van der Waals surface area (Å²) in [7, 11) is 0. The quantitative estimate of drug-likeness (QED) is 0.282. The van der Waals surface area contributed by atoms with E-state index >= 15 is 0 Å². The molecule has 2 aromatic carbocycles. The van der Waals surface area contributed by atoms with Crippen LogP contribution in [-0.2, 0) is 0 Å². The number of aromatic amines is 1.